The molecule has 0 aromatic carbocycles. The molecule has 0 spiro atoms. The molecule has 0 aromatic heterocycles. The van der Waals surface area contributed by atoms with Crippen LogP contribution in [-0.2, 0) is 9.53 Å². The van der Waals surface area contributed by atoms with Gasteiger partial charge in [-0.2, -0.15) is 0 Å². The Balaban J connectivity index is 3.72. The predicted molar refractivity (Wildman–Crippen MR) is 68.6 cm³/mol. The Hall–Kier alpha value is -0.870. The van der Waals surface area contributed by atoms with Crippen LogP contribution in [0.25, 0.3) is 0 Å². The van der Waals surface area contributed by atoms with Crippen LogP contribution in [0.2, 0.25) is 0 Å². The Kier molecular flexibility index (Phi) is 9.77. The Labute approximate surface area is 104 Å². The summed E-state index contributed by atoms with van der Waals surface area (Å²) in [5.74, 6) is -0.288. The first kappa shape index (κ1) is 16.1. The van der Waals surface area contributed by atoms with Crippen LogP contribution in [0.1, 0.15) is 39.5 Å². The first-order chi connectivity index (χ1) is 8.15. The fourth-order valence-corrected chi connectivity index (χ4v) is 1.47. The van der Waals surface area contributed by atoms with Crippen molar-refractivity contribution in [3.63, 3.8) is 0 Å². The molecule has 1 N–H and O–H groups in total. The molecular formula is C13H25NO3. The van der Waals surface area contributed by atoms with Crippen LogP contribution in [-0.4, -0.2) is 41.9 Å². The maximum atomic E-state index is 11.5. The van der Waals surface area contributed by atoms with E-state index in [4.69, 9.17) is 4.74 Å². The third-order valence-corrected chi connectivity index (χ3v) is 2.58. The van der Waals surface area contributed by atoms with E-state index in [-0.39, 0.29) is 12.5 Å². The van der Waals surface area contributed by atoms with E-state index in [1.165, 1.54) is 18.9 Å². The minimum Gasteiger partial charge on any atom is -0.465 e. The molecule has 0 aliphatic rings. The lowest BCUT2D eigenvalue weighted by molar-refractivity contribution is -0.147. The first-order valence-corrected chi connectivity index (χ1v) is 6.36. The largest absolute Gasteiger partial charge is 0.465 e. The lowest BCUT2D eigenvalue weighted by atomic mass is 10.2. The molecule has 0 radical (unpaired) electrons. The van der Waals surface area contributed by atoms with E-state index in [0.29, 0.717) is 13.2 Å². The Bertz CT molecular complexity index is 219. The highest BCUT2D eigenvalue weighted by atomic mass is 16.5. The molecule has 0 bridgehead atoms. The minimum atomic E-state index is -0.785. The van der Waals surface area contributed by atoms with Gasteiger partial charge >= 0.3 is 5.97 Å². The van der Waals surface area contributed by atoms with Gasteiger partial charge in [-0.1, -0.05) is 39.7 Å². The highest BCUT2D eigenvalue weighted by Gasteiger charge is 2.15. The SMILES string of the molecule is C=CC(O)N(CC)CC(=O)OCCCCCC. The third kappa shape index (κ3) is 7.94. The van der Waals surface area contributed by atoms with Crippen molar-refractivity contribution < 1.29 is 14.6 Å². The molecule has 1 atom stereocenters. The second-order valence-electron chi connectivity index (χ2n) is 3.99. The maximum absolute atomic E-state index is 11.5. The summed E-state index contributed by atoms with van der Waals surface area (Å²) in [5, 5.41) is 9.51. The normalized spacial score (nSPS) is 12.5. The van der Waals surface area contributed by atoms with Crippen LogP contribution in [0.15, 0.2) is 12.7 Å². The van der Waals surface area contributed by atoms with Gasteiger partial charge in [-0.15, -0.1) is 0 Å². The average molecular weight is 243 g/mol. The van der Waals surface area contributed by atoms with Gasteiger partial charge in [0.15, 0.2) is 0 Å². The summed E-state index contributed by atoms with van der Waals surface area (Å²) in [5.41, 5.74) is 0. The molecule has 0 saturated carbocycles. The van der Waals surface area contributed by atoms with Gasteiger partial charge in [0.2, 0.25) is 0 Å². The molecule has 0 rings (SSSR count). The van der Waals surface area contributed by atoms with Crippen molar-refractivity contribution in [2.24, 2.45) is 0 Å². The predicted octanol–water partition coefficient (Wildman–Crippen LogP) is 1.94. The lowest BCUT2D eigenvalue weighted by Crippen LogP contribution is -2.38. The summed E-state index contributed by atoms with van der Waals surface area (Å²) in [4.78, 5) is 13.1. The van der Waals surface area contributed by atoms with Gasteiger partial charge in [-0.05, 0) is 19.0 Å². The highest BCUT2D eigenvalue weighted by Crippen LogP contribution is 2.01. The number of aliphatic hydroxyl groups excluding tert-OH is 1. The van der Waals surface area contributed by atoms with E-state index in [9.17, 15) is 9.90 Å². The molecule has 0 amide bonds. The lowest BCUT2D eigenvalue weighted by Gasteiger charge is -2.22. The van der Waals surface area contributed by atoms with E-state index in [1.54, 1.807) is 4.90 Å². The molecular weight excluding hydrogens is 218 g/mol. The number of carbonyl (C=O) groups excluding carboxylic acids is 1. The van der Waals surface area contributed by atoms with Crippen LogP contribution in [0.3, 0.4) is 0 Å². The smallest absolute Gasteiger partial charge is 0.320 e. The van der Waals surface area contributed by atoms with Crippen LogP contribution in [0.4, 0.5) is 0 Å². The van der Waals surface area contributed by atoms with Crippen molar-refractivity contribution in [3.05, 3.63) is 12.7 Å². The molecule has 0 aromatic rings. The monoisotopic (exact) mass is 243 g/mol. The van der Waals surface area contributed by atoms with E-state index in [0.717, 1.165) is 12.8 Å². The second-order valence-corrected chi connectivity index (χ2v) is 3.99. The molecule has 0 heterocycles. The zero-order valence-corrected chi connectivity index (χ0v) is 11.0. The molecule has 0 aliphatic carbocycles. The van der Waals surface area contributed by atoms with Crippen LogP contribution < -0.4 is 0 Å². The van der Waals surface area contributed by atoms with Gasteiger partial charge in [-0.3, -0.25) is 9.69 Å². The zero-order chi connectivity index (χ0) is 13.1. The number of nitrogens with zero attached hydrogens (tertiary/aromatic N) is 1. The molecule has 17 heavy (non-hydrogen) atoms. The average Bonchev–Trinajstić information content (AvgIpc) is 2.34. The summed E-state index contributed by atoms with van der Waals surface area (Å²) in [6, 6.07) is 0. The van der Waals surface area contributed by atoms with E-state index in [2.05, 4.69) is 13.5 Å². The van der Waals surface area contributed by atoms with E-state index >= 15 is 0 Å². The van der Waals surface area contributed by atoms with E-state index in [1.807, 2.05) is 6.92 Å². The standard InChI is InChI=1S/C13H25NO3/c1-4-7-8-9-10-17-13(16)11-14(6-3)12(15)5-2/h5,12,15H,2,4,6-11H2,1,3H3. The van der Waals surface area contributed by atoms with Gasteiger partial charge in [0, 0.05) is 0 Å². The summed E-state index contributed by atoms with van der Waals surface area (Å²) < 4.78 is 5.09. The number of unbranched alkanes of at least 4 members (excludes halogenated alkanes) is 3. The number of carbonyl (C=O) groups is 1. The van der Waals surface area contributed by atoms with Crippen molar-refractivity contribution in [3.8, 4) is 0 Å². The Morgan fingerprint density at radius 1 is 1.41 bits per heavy atom. The van der Waals surface area contributed by atoms with Crippen molar-refractivity contribution in [1.29, 1.82) is 0 Å². The number of esters is 1. The van der Waals surface area contributed by atoms with Crippen LogP contribution in [0, 0.1) is 0 Å². The van der Waals surface area contributed by atoms with E-state index < -0.39 is 6.23 Å². The third-order valence-electron chi connectivity index (χ3n) is 2.58. The molecule has 4 heteroatoms. The van der Waals surface area contributed by atoms with Gasteiger partial charge in [0.05, 0.1) is 13.2 Å². The highest BCUT2D eigenvalue weighted by molar-refractivity contribution is 5.71. The molecule has 0 aliphatic heterocycles. The molecule has 0 fully saturated rings. The molecule has 0 saturated heterocycles. The second kappa shape index (κ2) is 10.3. The molecule has 4 nitrogen and oxygen atoms in total. The van der Waals surface area contributed by atoms with Gasteiger partial charge in [0.1, 0.15) is 6.23 Å². The van der Waals surface area contributed by atoms with Crippen molar-refractivity contribution >= 4 is 5.97 Å². The van der Waals surface area contributed by atoms with Crippen molar-refractivity contribution in [1.82, 2.24) is 4.90 Å². The summed E-state index contributed by atoms with van der Waals surface area (Å²) >= 11 is 0. The van der Waals surface area contributed by atoms with Gasteiger partial charge < -0.3 is 9.84 Å². The first-order valence-electron chi connectivity index (χ1n) is 6.36. The number of ether oxygens (including phenoxy) is 1. The Morgan fingerprint density at radius 2 is 2.12 bits per heavy atom. The van der Waals surface area contributed by atoms with Crippen LogP contribution in [0.5, 0.6) is 0 Å². The number of hydrogen-bond donors (Lipinski definition) is 1. The summed E-state index contributed by atoms with van der Waals surface area (Å²) in [6.45, 7) is 8.67. The fourth-order valence-electron chi connectivity index (χ4n) is 1.47. The molecule has 1 unspecified atom stereocenters. The maximum Gasteiger partial charge on any atom is 0.320 e. The number of rotatable bonds is 10. The summed E-state index contributed by atoms with van der Waals surface area (Å²) in [6.07, 6.45) is 4.97. The zero-order valence-electron chi connectivity index (χ0n) is 11.0. The summed E-state index contributed by atoms with van der Waals surface area (Å²) in [7, 11) is 0. The van der Waals surface area contributed by atoms with Crippen molar-refractivity contribution in [2.45, 2.75) is 45.8 Å². The van der Waals surface area contributed by atoms with Crippen molar-refractivity contribution in [2.75, 3.05) is 19.7 Å². The quantitative estimate of drug-likeness (QED) is 0.276. The molecule has 100 valence electrons. The van der Waals surface area contributed by atoms with Crippen LogP contribution >= 0.6 is 0 Å². The fraction of sp³-hybridized carbons (Fsp3) is 0.769. The topological polar surface area (TPSA) is 49.8 Å². The Morgan fingerprint density at radius 3 is 2.65 bits per heavy atom. The minimum absolute atomic E-state index is 0.109. The van der Waals surface area contributed by atoms with Gasteiger partial charge in [0.25, 0.3) is 0 Å². The van der Waals surface area contributed by atoms with Gasteiger partial charge in [-0.25, -0.2) is 0 Å². The number of aliphatic hydroxyl groups is 1. The number of hydrogen-bond acceptors (Lipinski definition) is 4. The number of likely N-dealkylation sites (N-methyl/N-ethyl adjacent to an activating group) is 1.